The molecule has 98 valence electrons. The van der Waals surface area contributed by atoms with Crippen LogP contribution in [0.2, 0.25) is 0 Å². The molecule has 0 fully saturated rings. The quantitative estimate of drug-likeness (QED) is 0.815. The number of carbonyl (C=O) groups is 1. The van der Waals surface area contributed by atoms with Gasteiger partial charge in [0.25, 0.3) is 0 Å². The minimum atomic E-state index is -0.430. The van der Waals surface area contributed by atoms with Gasteiger partial charge in [0.2, 0.25) is 0 Å². The van der Waals surface area contributed by atoms with Gasteiger partial charge in [0.05, 0.1) is 0 Å². The standard InChI is InChI=1S/C16H16O3/c1-12(17)13(2)18-15-8-10-16(11-9-15)19-14-6-4-3-5-7-14/h3-11,13H,1-2H3. The third kappa shape index (κ3) is 3.85. The Balaban J connectivity index is 2.01. The predicted octanol–water partition coefficient (Wildman–Crippen LogP) is 3.84. The molecule has 3 nitrogen and oxygen atoms in total. The number of carbonyl (C=O) groups excluding carboxylic acids is 1. The molecule has 0 saturated heterocycles. The van der Waals surface area contributed by atoms with Gasteiger partial charge < -0.3 is 9.47 Å². The van der Waals surface area contributed by atoms with Crippen LogP contribution >= 0.6 is 0 Å². The van der Waals surface area contributed by atoms with E-state index in [4.69, 9.17) is 9.47 Å². The van der Waals surface area contributed by atoms with Crippen LogP contribution in [-0.2, 0) is 4.79 Å². The van der Waals surface area contributed by atoms with E-state index in [1.54, 1.807) is 19.1 Å². The predicted molar refractivity (Wildman–Crippen MR) is 73.7 cm³/mol. The number of benzene rings is 2. The second kappa shape index (κ2) is 6.05. The van der Waals surface area contributed by atoms with Gasteiger partial charge in [-0.1, -0.05) is 18.2 Å². The van der Waals surface area contributed by atoms with E-state index in [1.165, 1.54) is 6.92 Å². The summed E-state index contributed by atoms with van der Waals surface area (Å²) in [5, 5.41) is 0. The average Bonchev–Trinajstić information content (AvgIpc) is 2.42. The molecule has 2 rings (SSSR count). The van der Waals surface area contributed by atoms with Gasteiger partial charge in [0, 0.05) is 0 Å². The smallest absolute Gasteiger partial charge is 0.169 e. The Labute approximate surface area is 112 Å². The molecule has 0 bridgehead atoms. The number of ketones is 1. The normalized spacial score (nSPS) is 11.7. The maximum absolute atomic E-state index is 11.1. The molecule has 0 spiro atoms. The minimum absolute atomic E-state index is 0.00427. The molecule has 3 heteroatoms. The highest BCUT2D eigenvalue weighted by molar-refractivity contribution is 5.80. The van der Waals surface area contributed by atoms with Crippen molar-refractivity contribution in [3.8, 4) is 17.2 Å². The van der Waals surface area contributed by atoms with Crippen molar-refractivity contribution in [3.05, 3.63) is 54.6 Å². The topological polar surface area (TPSA) is 35.5 Å². The van der Waals surface area contributed by atoms with Crippen LogP contribution in [0.3, 0.4) is 0 Å². The third-order valence-electron chi connectivity index (χ3n) is 2.69. The van der Waals surface area contributed by atoms with Crippen molar-refractivity contribution in [3.63, 3.8) is 0 Å². The first-order valence-electron chi connectivity index (χ1n) is 6.15. The van der Waals surface area contributed by atoms with Crippen LogP contribution in [0.15, 0.2) is 54.6 Å². The number of hydrogen-bond acceptors (Lipinski definition) is 3. The van der Waals surface area contributed by atoms with E-state index in [9.17, 15) is 4.79 Å². The van der Waals surface area contributed by atoms with E-state index in [2.05, 4.69) is 0 Å². The zero-order valence-corrected chi connectivity index (χ0v) is 11.0. The summed E-state index contributed by atoms with van der Waals surface area (Å²) in [6.45, 7) is 3.24. The highest BCUT2D eigenvalue weighted by Gasteiger charge is 2.08. The lowest BCUT2D eigenvalue weighted by atomic mass is 10.3. The lowest BCUT2D eigenvalue weighted by Gasteiger charge is -2.12. The van der Waals surface area contributed by atoms with Crippen molar-refractivity contribution in [2.24, 2.45) is 0 Å². The van der Waals surface area contributed by atoms with Crippen LogP contribution in [-0.4, -0.2) is 11.9 Å². The minimum Gasteiger partial charge on any atom is -0.483 e. The SMILES string of the molecule is CC(=O)C(C)Oc1ccc(Oc2ccccc2)cc1. The van der Waals surface area contributed by atoms with Gasteiger partial charge >= 0.3 is 0 Å². The van der Waals surface area contributed by atoms with Crippen LogP contribution in [0.5, 0.6) is 17.2 Å². The van der Waals surface area contributed by atoms with Crippen molar-refractivity contribution < 1.29 is 14.3 Å². The molecule has 0 aliphatic carbocycles. The van der Waals surface area contributed by atoms with Crippen LogP contribution < -0.4 is 9.47 Å². The van der Waals surface area contributed by atoms with Crippen LogP contribution in [0, 0.1) is 0 Å². The van der Waals surface area contributed by atoms with E-state index in [0.29, 0.717) is 5.75 Å². The molecular formula is C16H16O3. The Morgan fingerprint density at radius 2 is 1.42 bits per heavy atom. The highest BCUT2D eigenvalue weighted by atomic mass is 16.5. The van der Waals surface area contributed by atoms with Gasteiger partial charge in [-0.3, -0.25) is 4.79 Å². The summed E-state index contributed by atoms with van der Waals surface area (Å²) in [5.74, 6) is 2.18. The molecule has 2 aromatic carbocycles. The summed E-state index contributed by atoms with van der Waals surface area (Å²) in [6, 6.07) is 16.8. The molecule has 19 heavy (non-hydrogen) atoms. The van der Waals surface area contributed by atoms with Gasteiger partial charge in [-0.25, -0.2) is 0 Å². The molecule has 0 heterocycles. The van der Waals surface area contributed by atoms with Crippen molar-refractivity contribution >= 4 is 5.78 Å². The Hall–Kier alpha value is -2.29. The molecule has 0 amide bonds. The average molecular weight is 256 g/mol. The Morgan fingerprint density at radius 1 is 0.895 bits per heavy atom. The first-order chi connectivity index (χ1) is 9.15. The number of para-hydroxylation sites is 1. The van der Waals surface area contributed by atoms with Gasteiger partial charge in [0.1, 0.15) is 17.2 Å². The molecule has 0 aliphatic rings. The van der Waals surface area contributed by atoms with Crippen LogP contribution in [0.4, 0.5) is 0 Å². The maximum Gasteiger partial charge on any atom is 0.169 e. The molecule has 0 saturated carbocycles. The lowest BCUT2D eigenvalue weighted by molar-refractivity contribution is -0.122. The highest BCUT2D eigenvalue weighted by Crippen LogP contribution is 2.23. The van der Waals surface area contributed by atoms with Gasteiger partial charge in [0.15, 0.2) is 11.9 Å². The molecular weight excluding hydrogens is 240 g/mol. The molecule has 1 unspecified atom stereocenters. The van der Waals surface area contributed by atoms with Crippen molar-refractivity contribution in [2.45, 2.75) is 20.0 Å². The molecule has 0 N–H and O–H groups in total. The molecule has 0 aromatic heterocycles. The Bertz CT molecular complexity index is 532. The van der Waals surface area contributed by atoms with Crippen molar-refractivity contribution in [1.29, 1.82) is 0 Å². The lowest BCUT2D eigenvalue weighted by Crippen LogP contribution is -2.20. The van der Waals surface area contributed by atoms with Crippen molar-refractivity contribution in [2.75, 3.05) is 0 Å². The number of ether oxygens (including phenoxy) is 2. The third-order valence-corrected chi connectivity index (χ3v) is 2.69. The van der Waals surface area contributed by atoms with Crippen LogP contribution in [0.25, 0.3) is 0 Å². The summed E-state index contributed by atoms with van der Waals surface area (Å²) in [6.07, 6.45) is -0.430. The van der Waals surface area contributed by atoms with Gasteiger partial charge in [-0.15, -0.1) is 0 Å². The first-order valence-corrected chi connectivity index (χ1v) is 6.15. The number of hydrogen-bond donors (Lipinski definition) is 0. The van der Waals surface area contributed by atoms with Crippen molar-refractivity contribution in [1.82, 2.24) is 0 Å². The van der Waals surface area contributed by atoms with E-state index in [-0.39, 0.29) is 5.78 Å². The number of Topliss-reactive ketones (excluding diaryl/α,β-unsaturated/α-hetero) is 1. The zero-order chi connectivity index (χ0) is 13.7. The fourth-order valence-corrected chi connectivity index (χ4v) is 1.50. The summed E-state index contributed by atoms with van der Waals surface area (Å²) in [5.41, 5.74) is 0. The molecule has 2 aromatic rings. The summed E-state index contributed by atoms with van der Waals surface area (Å²) in [4.78, 5) is 11.1. The summed E-state index contributed by atoms with van der Waals surface area (Å²) >= 11 is 0. The Morgan fingerprint density at radius 3 is 2.00 bits per heavy atom. The molecule has 0 aliphatic heterocycles. The Kier molecular flexibility index (Phi) is 4.18. The fourth-order valence-electron chi connectivity index (χ4n) is 1.50. The zero-order valence-electron chi connectivity index (χ0n) is 11.0. The second-order valence-corrected chi connectivity index (χ2v) is 4.26. The summed E-state index contributed by atoms with van der Waals surface area (Å²) in [7, 11) is 0. The molecule has 0 radical (unpaired) electrons. The monoisotopic (exact) mass is 256 g/mol. The number of rotatable bonds is 5. The maximum atomic E-state index is 11.1. The first kappa shape index (κ1) is 13.1. The summed E-state index contributed by atoms with van der Waals surface area (Å²) < 4.78 is 11.1. The van der Waals surface area contributed by atoms with Gasteiger partial charge in [-0.05, 0) is 50.2 Å². The largest absolute Gasteiger partial charge is 0.483 e. The second-order valence-electron chi connectivity index (χ2n) is 4.26. The molecule has 1 atom stereocenters. The fraction of sp³-hybridized carbons (Fsp3) is 0.188. The van der Waals surface area contributed by atoms with E-state index in [1.807, 2.05) is 42.5 Å². The van der Waals surface area contributed by atoms with Crippen LogP contribution in [0.1, 0.15) is 13.8 Å². The van der Waals surface area contributed by atoms with E-state index in [0.717, 1.165) is 11.5 Å². The van der Waals surface area contributed by atoms with E-state index >= 15 is 0 Å². The van der Waals surface area contributed by atoms with E-state index < -0.39 is 6.10 Å². The van der Waals surface area contributed by atoms with Gasteiger partial charge in [-0.2, -0.15) is 0 Å².